The van der Waals surface area contributed by atoms with Gasteiger partial charge in [0.2, 0.25) is 0 Å². The van der Waals surface area contributed by atoms with Crippen LogP contribution in [0.25, 0.3) is 0 Å². The van der Waals surface area contributed by atoms with Gasteiger partial charge in [0.25, 0.3) is 0 Å². The van der Waals surface area contributed by atoms with Crippen LogP contribution in [0.5, 0.6) is 0 Å². The summed E-state index contributed by atoms with van der Waals surface area (Å²) in [5.74, 6) is 0. The van der Waals surface area contributed by atoms with Gasteiger partial charge >= 0.3 is 6.18 Å². The molecule has 2 aliphatic rings. The lowest BCUT2D eigenvalue weighted by molar-refractivity contribution is -0.149. The summed E-state index contributed by atoms with van der Waals surface area (Å²) in [5, 5.41) is 3.42. The molecular weight excluding hydrogens is 255 g/mol. The Labute approximate surface area is 113 Å². The lowest BCUT2D eigenvalue weighted by Crippen LogP contribution is -2.53. The number of rotatable bonds is 3. The summed E-state index contributed by atoms with van der Waals surface area (Å²) in [7, 11) is 0. The topological polar surface area (TPSA) is 18.5 Å². The maximum absolute atomic E-state index is 12.3. The molecule has 0 saturated carbocycles. The number of nitrogens with zero attached hydrogens (tertiary/aromatic N) is 2. The molecule has 3 nitrogen and oxygen atoms in total. The highest BCUT2D eigenvalue weighted by molar-refractivity contribution is 4.86. The van der Waals surface area contributed by atoms with Crippen LogP contribution in [0.15, 0.2) is 0 Å². The van der Waals surface area contributed by atoms with Gasteiger partial charge < -0.3 is 10.2 Å². The van der Waals surface area contributed by atoms with E-state index in [0.717, 1.165) is 32.7 Å². The Balaban J connectivity index is 1.74. The van der Waals surface area contributed by atoms with E-state index >= 15 is 0 Å². The molecule has 0 amide bonds. The molecule has 2 heterocycles. The van der Waals surface area contributed by atoms with Gasteiger partial charge in [0.05, 0.1) is 6.54 Å². The Morgan fingerprint density at radius 3 is 2.26 bits per heavy atom. The van der Waals surface area contributed by atoms with E-state index in [4.69, 9.17) is 0 Å². The number of piperazine rings is 1. The number of piperidine rings is 1. The first-order valence-electron chi connectivity index (χ1n) is 7.09. The molecule has 19 heavy (non-hydrogen) atoms. The number of nitrogens with one attached hydrogen (secondary N) is 1. The van der Waals surface area contributed by atoms with Crippen LogP contribution < -0.4 is 5.32 Å². The van der Waals surface area contributed by atoms with Crippen molar-refractivity contribution in [2.45, 2.75) is 25.9 Å². The van der Waals surface area contributed by atoms with Gasteiger partial charge in [-0.15, -0.1) is 0 Å². The fraction of sp³-hybridized carbons (Fsp3) is 1.00. The second-order valence-electron chi connectivity index (χ2n) is 6.26. The van der Waals surface area contributed by atoms with Gasteiger partial charge in [0, 0.05) is 39.3 Å². The molecule has 112 valence electrons. The minimum absolute atomic E-state index is 0.282. The number of hydrogen-bond acceptors (Lipinski definition) is 3. The van der Waals surface area contributed by atoms with E-state index in [0.29, 0.717) is 13.1 Å². The van der Waals surface area contributed by atoms with Crippen LogP contribution in [0.4, 0.5) is 13.2 Å². The van der Waals surface area contributed by atoms with Crippen molar-refractivity contribution in [2.75, 3.05) is 52.4 Å². The van der Waals surface area contributed by atoms with Gasteiger partial charge in [-0.2, -0.15) is 13.2 Å². The maximum Gasteiger partial charge on any atom is 0.401 e. The van der Waals surface area contributed by atoms with Crippen LogP contribution in [-0.4, -0.2) is 68.3 Å². The van der Waals surface area contributed by atoms with Crippen molar-refractivity contribution in [3.05, 3.63) is 0 Å². The van der Waals surface area contributed by atoms with E-state index in [1.54, 1.807) is 0 Å². The Morgan fingerprint density at radius 2 is 1.74 bits per heavy atom. The van der Waals surface area contributed by atoms with Crippen molar-refractivity contribution in [3.63, 3.8) is 0 Å². The van der Waals surface area contributed by atoms with Crippen LogP contribution in [0, 0.1) is 5.41 Å². The summed E-state index contributed by atoms with van der Waals surface area (Å²) in [6, 6.07) is 0. The van der Waals surface area contributed by atoms with Gasteiger partial charge in [-0.3, -0.25) is 4.90 Å². The molecule has 6 heteroatoms. The molecule has 0 bridgehead atoms. The van der Waals surface area contributed by atoms with Crippen molar-refractivity contribution < 1.29 is 13.2 Å². The van der Waals surface area contributed by atoms with Crippen molar-refractivity contribution in [2.24, 2.45) is 5.41 Å². The van der Waals surface area contributed by atoms with Crippen LogP contribution in [0.2, 0.25) is 0 Å². The summed E-state index contributed by atoms with van der Waals surface area (Å²) in [5.41, 5.74) is 0.282. The average molecular weight is 279 g/mol. The zero-order valence-corrected chi connectivity index (χ0v) is 11.6. The lowest BCUT2D eigenvalue weighted by atomic mass is 9.82. The van der Waals surface area contributed by atoms with Crippen molar-refractivity contribution in [1.29, 1.82) is 0 Å². The number of alkyl halides is 3. The first kappa shape index (κ1) is 15.1. The van der Waals surface area contributed by atoms with E-state index in [1.165, 1.54) is 17.7 Å². The largest absolute Gasteiger partial charge is 0.401 e. The minimum atomic E-state index is -4.07. The highest BCUT2D eigenvalue weighted by Gasteiger charge is 2.34. The summed E-state index contributed by atoms with van der Waals surface area (Å²) in [4.78, 5) is 3.83. The fourth-order valence-electron chi connectivity index (χ4n) is 3.15. The third kappa shape index (κ3) is 4.93. The molecule has 1 N–H and O–H groups in total. The smallest absolute Gasteiger partial charge is 0.316 e. The quantitative estimate of drug-likeness (QED) is 0.846. The third-order valence-electron chi connectivity index (χ3n) is 4.16. The molecule has 1 atom stereocenters. The van der Waals surface area contributed by atoms with E-state index in [9.17, 15) is 13.2 Å². The molecule has 0 aliphatic carbocycles. The lowest BCUT2D eigenvalue weighted by Gasteiger charge is -2.42. The SMILES string of the molecule is CC1(CN2CCN(CC(F)(F)F)CC2)CCCNC1. The van der Waals surface area contributed by atoms with Crippen molar-refractivity contribution >= 4 is 0 Å². The van der Waals surface area contributed by atoms with Crippen LogP contribution in [-0.2, 0) is 0 Å². The predicted molar refractivity (Wildman–Crippen MR) is 69.1 cm³/mol. The van der Waals surface area contributed by atoms with E-state index in [-0.39, 0.29) is 5.41 Å². The molecule has 0 radical (unpaired) electrons. The highest BCUT2D eigenvalue weighted by Crippen LogP contribution is 2.27. The van der Waals surface area contributed by atoms with Gasteiger partial charge in [0.1, 0.15) is 0 Å². The van der Waals surface area contributed by atoms with Crippen LogP contribution in [0.1, 0.15) is 19.8 Å². The van der Waals surface area contributed by atoms with Gasteiger partial charge in [-0.05, 0) is 24.8 Å². The fourth-order valence-corrected chi connectivity index (χ4v) is 3.15. The maximum atomic E-state index is 12.3. The molecule has 0 aromatic carbocycles. The van der Waals surface area contributed by atoms with E-state index < -0.39 is 12.7 Å². The molecule has 1 unspecified atom stereocenters. The number of halogens is 3. The Hall–Kier alpha value is -0.330. The zero-order chi connectivity index (χ0) is 13.9. The molecule has 2 saturated heterocycles. The molecule has 2 aliphatic heterocycles. The normalized spacial score (nSPS) is 31.6. The molecular formula is C13H24F3N3. The summed E-state index contributed by atoms with van der Waals surface area (Å²) >= 11 is 0. The molecule has 2 rings (SSSR count). The van der Waals surface area contributed by atoms with E-state index in [2.05, 4.69) is 17.1 Å². The molecule has 0 aromatic rings. The van der Waals surface area contributed by atoms with Gasteiger partial charge in [0.15, 0.2) is 0 Å². The monoisotopic (exact) mass is 279 g/mol. The average Bonchev–Trinajstić information content (AvgIpc) is 2.30. The predicted octanol–water partition coefficient (Wildman–Crippen LogP) is 1.56. The second kappa shape index (κ2) is 5.97. The van der Waals surface area contributed by atoms with Gasteiger partial charge in [-0.1, -0.05) is 6.92 Å². The molecule has 0 spiro atoms. The van der Waals surface area contributed by atoms with Crippen molar-refractivity contribution in [3.8, 4) is 0 Å². The van der Waals surface area contributed by atoms with Crippen LogP contribution in [0.3, 0.4) is 0 Å². The summed E-state index contributed by atoms with van der Waals surface area (Å²) in [6.07, 6.45) is -1.66. The van der Waals surface area contributed by atoms with E-state index in [1.807, 2.05) is 0 Å². The van der Waals surface area contributed by atoms with Crippen LogP contribution >= 0.6 is 0 Å². The minimum Gasteiger partial charge on any atom is -0.316 e. The number of hydrogen-bond donors (Lipinski definition) is 1. The summed E-state index contributed by atoms with van der Waals surface area (Å²) < 4.78 is 36.9. The molecule has 2 fully saturated rings. The highest BCUT2D eigenvalue weighted by atomic mass is 19.4. The first-order chi connectivity index (χ1) is 8.86. The standard InChI is InChI=1S/C13H24F3N3/c1-12(3-2-4-17-9-12)10-18-5-7-19(8-6-18)11-13(14,15)16/h17H,2-11H2,1H3. The third-order valence-corrected chi connectivity index (χ3v) is 4.16. The molecule has 0 aromatic heterocycles. The second-order valence-corrected chi connectivity index (χ2v) is 6.26. The first-order valence-corrected chi connectivity index (χ1v) is 7.09. The Kier molecular flexibility index (Phi) is 4.74. The van der Waals surface area contributed by atoms with Crippen molar-refractivity contribution in [1.82, 2.24) is 15.1 Å². The zero-order valence-electron chi connectivity index (χ0n) is 11.6. The Morgan fingerprint density at radius 1 is 1.11 bits per heavy atom. The summed E-state index contributed by atoms with van der Waals surface area (Å²) in [6.45, 7) is 7.20. The van der Waals surface area contributed by atoms with Gasteiger partial charge in [-0.25, -0.2) is 0 Å². The Bertz CT molecular complexity index is 279.